The van der Waals surface area contributed by atoms with Crippen molar-refractivity contribution in [1.29, 1.82) is 0 Å². The van der Waals surface area contributed by atoms with Gasteiger partial charge in [0, 0.05) is 43.8 Å². The number of para-hydroxylation sites is 2. The van der Waals surface area contributed by atoms with Crippen molar-refractivity contribution in [2.45, 2.75) is 39.2 Å². The Morgan fingerprint density at radius 3 is 2.40 bits per heavy atom. The number of carbonyl (C=O) groups is 1. The number of fused-ring (bicyclic) bond motifs is 1. The van der Waals surface area contributed by atoms with Crippen LogP contribution >= 0.6 is 0 Å². The first-order valence-electron chi connectivity index (χ1n) is 12.9. The van der Waals surface area contributed by atoms with Crippen LogP contribution in [0, 0.1) is 11.8 Å². The number of aromatic nitrogens is 1. The van der Waals surface area contributed by atoms with Gasteiger partial charge in [-0.1, -0.05) is 63.1 Å². The number of piperazine rings is 1. The van der Waals surface area contributed by atoms with E-state index in [4.69, 9.17) is 9.72 Å². The van der Waals surface area contributed by atoms with Crippen LogP contribution in [0.2, 0.25) is 0 Å². The van der Waals surface area contributed by atoms with Crippen molar-refractivity contribution in [3.05, 3.63) is 60.3 Å². The lowest BCUT2D eigenvalue weighted by Gasteiger charge is -2.37. The summed E-state index contributed by atoms with van der Waals surface area (Å²) < 4.78 is 5.56. The zero-order chi connectivity index (χ0) is 24.4. The Hall–Kier alpha value is -3.28. The highest BCUT2D eigenvalue weighted by atomic mass is 16.5. The molecule has 2 heterocycles. The number of nitrogens with zero attached hydrogens (tertiary/aromatic N) is 3. The maximum atomic E-state index is 13.3. The third-order valence-electron chi connectivity index (χ3n) is 8.05. The Morgan fingerprint density at radius 2 is 1.63 bits per heavy atom. The highest BCUT2D eigenvalue weighted by Gasteiger charge is 2.29. The minimum atomic E-state index is -0.00723. The molecule has 0 radical (unpaired) electrons. The fourth-order valence-corrected chi connectivity index (χ4v) is 5.69. The van der Waals surface area contributed by atoms with Crippen molar-refractivity contribution in [1.82, 2.24) is 10.3 Å². The molecule has 3 aromatic rings. The van der Waals surface area contributed by atoms with E-state index >= 15 is 0 Å². The number of carbonyl (C=O) groups excluding carboxylic acids is 1. The van der Waals surface area contributed by atoms with Gasteiger partial charge in [0.25, 0.3) is 5.91 Å². The lowest BCUT2D eigenvalue weighted by atomic mass is 9.78. The van der Waals surface area contributed by atoms with Crippen LogP contribution in [0.25, 0.3) is 10.8 Å². The number of pyridine rings is 1. The molecule has 0 spiro atoms. The molecule has 1 aliphatic carbocycles. The first kappa shape index (κ1) is 23.5. The Morgan fingerprint density at radius 1 is 0.943 bits per heavy atom. The topological polar surface area (TPSA) is 57.7 Å². The first-order valence-corrected chi connectivity index (χ1v) is 12.9. The molecule has 2 fully saturated rings. The lowest BCUT2D eigenvalue weighted by Crippen LogP contribution is -2.47. The molecule has 2 aromatic carbocycles. The SMILES string of the molecule is COc1ccccc1N1CCN(c2ncc(C(=O)NC3CCCC(C)C3C)c3ccccc23)CC1. The lowest BCUT2D eigenvalue weighted by molar-refractivity contribution is 0.0892. The van der Waals surface area contributed by atoms with Crippen molar-refractivity contribution in [3.8, 4) is 5.75 Å². The maximum absolute atomic E-state index is 13.3. The van der Waals surface area contributed by atoms with Crippen LogP contribution in [-0.4, -0.2) is 50.2 Å². The van der Waals surface area contributed by atoms with Gasteiger partial charge in [0.1, 0.15) is 11.6 Å². The van der Waals surface area contributed by atoms with Crippen LogP contribution in [-0.2, 0) is 0 Å². The monoisotopic (exact) mass is 472 g/mol. The molecule has 3 atom stereocenters. The normalized spacial score (nSPS) is 22.8. The average molecular weight is 473 g/mol. The van der Waals surface area contributed by atoms with E-state index in [1.807, 2.05) is 30.3 Å². The van der Waals surface area contributed by atoms with Crippen molar-refractivity contribution >= 4 is 28.2 Å². The zero-order valence-corrected chi connectivity index (χ0v) is 21.0. The van der Waals surface area contributed by atoms with E-state index in [1.165, 1.54) is 12.8 Å². The minimum absolute atomic E-state index is 0.00723. The van der Waals surface area contributed by atoms with Crippen LogP contribution in [0.1, 0.15) is 43.5 Å². The maximum Gasteiger partial charge on any atom is 0.253 e. The zero-order valence-electron chi connectivity index (χ0n) is 21.0. The van der Waals surface area contributed by atoms with E-state index in [-0.39, 0.29) is 11.9 Å². The minimum Gasteiger partial charge on any atom is -0.495 e. The number of methoxy groups -OCH3 is 1. The summed E-state index contributed by atoms with van der Waals surface area (Å²) in [5.74, 6) is 2.98. The molecule has 2 aliphatic rings. The molecule has 184 valence electrons. The second-order valence-corrected chi connectivity index (χ2v) is 10.0. The van der Waals surface area contributed by atoms with E-state index in [9.17, 15) is 4.79 Å². The number of nitrogens with one attached hydrogen (secondary N) is 1. The van der Waals surface area contributed by atoms with E-state index in [0.717, 1.165) is 60.6 Å². The molecule has 6 heteroatoms. The number of rotatable bonds is 5. The van der Waals surface area contributed by atoms with Crippen LogP contribution in [0.4, 0.5) is 11.5 Å². The summed E-state index contributed by atoms with van der Waals surface area (Å²) >= 11 is 0. The van der Waals surface area contributed by atoms with Crippen molar-refractivity contribution < 1.29 is 9.53 Å². The molecule has 1 N–H and O–H groups in total. The van der Waals surface area contributed by atoms with Crippen LogP contribution in [0.15, 0.2) is 54.7 Å². The highest BCUT2D eigenvalue weighted by Crippen LogP contribution is 2.33. The summed E-state index contributed by atoms with van der Waals surface area (Å²) in [6, 6.07) is 16.6. The quantitative estimate of drug-likeness (QED) is 0.558. The number of hydrogen-bond acceptors (Lipinski definition) is 5. The second-order valence-electron chi connectivity index (χ2n) is 10.0. The van der Waals surface area contributed by atoms with Crippen molar-refractivity contribution in [2.24, 2.45) is 11.8 Å². The van der Waals surface area contributed by atoms with Gasteiger partial charge in [-0.3, -0.25) is 4.79 Å². The second kappa shape index (κ2) is 10.1. The summed E-state index contributed by atoms with van der Waals surface area (Å²) in [5.41, 5.74) is 1.80. The fourth-order valence-electron chi connectivity index (χ4n) is 5.69. The molecule has 1 saturated heterocycles. The molecule has 1 amide bonds. The van der Waals surface area contributed by atoms with Gasteiger partial charge in [0.05, 0.1) is 18.4 Å². The first-order chi connectivity index (χ1) is 17.1. The number of anilines is 2. The molecular formula is C29H36N4O2. The molecule has 1 aliphatic heterocycles. The highest BCUT2D eigenvalue weighted by molar-refractivity contribution is 6.09. The fraction of sp³-hybridized carbons (Fsp3) is 0.448. The molecule has 6 nitrogen and oxygen atoms in total. The predicted molar refractivity (Wildman–Crippen MR) is 143 cm³/mol. The number of benzene rings is 2. The van der Waals surface area contributed by atoms with Gasteiger partial charge >= 0.3 is 0 Å². The van der Waals surface area contributed by atoms with Crippen molar-refractivity contribution in [2.75, 3.05) is 43.1 Å². The molecule has 3 unspecified atom stereocenters. The molecule has 35 heavy (non-hydrogen) atoms. The third-order valence-corrected chi connectivity index (χ3v) is 8.05. The smallest absolute Gasteiger partial charge is 0.253 e. The van der Waals surface area contributed by atoms with E-state index in [1.54, 1.807) is 13.3 Å². The third kappa shape index (κ3) is 4.66. The summed E-state index contributed by atoms with van der Waals surface area (Å²) in [4.78, 5) is 22.9. The summed E-state index contributed by atoms with van der Waals surface area (Å²) in [5, 5.41) is 5.34. The van der Waals surface area contributed by atoms with Gasteiger partial charge in [-0.15, -0.1) is 0 Å². The van der Waals surface area contributed by atoms with E-state index in [2.05, 4.69) is 47.2 Å². The van der Waals surface area contributed by atoms with Crippen LogP contribution in [0.5, 0.6) is 5.75 Å². The standard InChI is InChI=1S/C29H36N4O2/c1-20-9-8-12-25(21(20)2)31-29(34)24-19-30-28(23-11-5-4-10-22(23)24)33-17-15-32(16-18-33)26-13-6-7-14-27(26)35-3/h4-7,10-11,13-14,19-21,25H,8-9,12,15-18H2,1-3H3,(H,31,34). The van der Waals surface area contributed by atoms with Crippen molar-refractivity contribution in [3.63, 3.8) is 0 Å². The average Bonchev–Trinajstić information content (AvgIpc) is 2.90. The van der Waals surface area contributed by atoms with Gasteiger partial charge in [-0.25, -0.2) is 4.98 Å². The summed E-state index contributed by atoms with van der Waals surface area (Å²) in [7, 11) is 1.72. The van der Waals surface area contributed by atoms with Gasteiger partial charge in [-0.05, 0) is 35.8 Å². The van der Waals surface area contributed by atoms with Crippen LogP contribution in [0.3, 0.4) is 0 Å². The van der Waals surface area contributed by atoms with Gasteiger partial charge in [-0.2, -0.15) is 0 Å². The number of ether oxygens (including phenoxy) is 1. The van der Waals surface area contributed by atoms with E-state index in [0.29, 0.717) is 17.4 Å². The van der Waals surface area contributed by atoms with Gasteiger partial charge in [0.15, 0.2) is 0 Å². The number of amides is 1. The Labute approximate surface area is 208 Å². The van der Waals surface area contributed by atoms with Crippen LogP contribution < -0.4 is 19.9 Å². The largest absolute Gasteiger partial charge is 0.495 e. The molecule has 1 saturated carbocycles. The molecule has 1 aromatic heterocycles. The Balaban J connectivity index is 1.35. The Kier molecular flexibility index (Phi) is 6.80. The Bertz CT molecular complexity index is 1190. The predicted octanol–water partition coefficient (Wildman–Crippen LogP) is 5.12. The summed E-state index contributed by atoms with van der Waals surface area (Å²) in [6.07, 6.45) is 5.25. The number of hydrogen-bond donors (Lipinski definition) is 1. The van der Waals surface area contributed by atoms with Gasteiger partial charge in [0.2, 0.25) is 0 Å². The summed E-state index contributed by atoms with van der Waals surface area (Å²) in [6.45, 7) is 8.05. The molecule has 0 bridgehead atoms. The molecule has 5 rings (SSSR count). The molecular weight excluding hydrogens is 436 g/mol. The van der Waals surface area contributed by atoms with Gasteiger partial charge < -0.3 is 19.9 Å². The van der Waals surface area contributed by atoms with E-state index < -0.39 is 0 Å².